The van der Waals surface area contributed by atoms with E-state index in [1.54, 1.807) is 17.0 Å². The fourth-order valence-corrected chi connectivity index (χ4v) is 3.91. The van der Waals surface area contributed by atoms with Gasteiger partial charge in [0.05, 0.1) is 5.92 Å². The first-order valence-corrected chi connectivity index (χ1v) is 7.34. The van der Waals surface area contributed by atoms with E-state index in [4.69, 9.17) is 5.73 Å². The van der Waals surface area contributed by atoms with Gasteiger partial charge in [0, 0.05) is 19.6 Å². The van der Waals surface area contributed by atoms with Gasteiger partial charge in [0.15, 0.2) is 0 Å². The van der Waals surface area contributed by atoms with Gasteiger partial charge in [-0.05, 0) is 48.8 Å². The average molecular weight is 274 g/mol. The number of phenols is 1. The van der Waals surface area contributed by atoms with Crippen molar-refractivity contribution in [2.45, 2.75) is 31.8 Å². The molecule has 0 radical (unpaired) electrons. The van der Waals surface area contributed by atoms with Gasteiger partial charge in [0.1, 0.15) is 5.75 Å². The summed E-state index contributed by atoms with van der Waals surface area (Å²) in [5.74, 6) is 1.48. The molecular formula is C16H22N2O2. The summed E-state index contributed by atoms with van der Waals surface area (Å²) in [5.41, 5.74) is 7.26. The zero-order valence-corrected chi connectivity index (χ0v) is 11.8. The lowest BCUT2D eigenvalue weighted by Gasteiger charge is -2.30. The number of phenolic OH excluding ortho intramolecular Hbond substituents is 1. The van der Waals surface area contributed by atoms with E-state index in [0.717, 1.165) is 18.4 Å². The average Bonchev–Trinajstić information content (AvgIpc) is 3.01. The number of nitrogens with zero attached hydrogens (tertiary/aromatic N) is 1. The second-order valence-corrected chi connectivity index (χ2v) is 6.30. The highest BCUT2D eigenvalue weighted by Gasteiger charge is 2.49. The van der Waals surface area contributed by atoms with E-state index < -0.39 is 0 Å². The van der Waals surface area contributed by atoms with Gasteiger partial charge in [-0.1, -0.05) is 12.1 Å². The van der Waals surface area contributed by atoms with Gasteiger partial charge in [-0.15, -0.1) is 0 Å². The van der Waals surface area contributed by atoms with Gasteiger partial charge in [-0.3, -0.25) is 4.79 Å². The van der Waals surface area contributed by atoms with Gasteiger partial charge in [-0.25, -0.2) is 0 Å². The number of hydrogen-bond acceptors (Lipinski definition) is 3. The van der Waals surface area contributed by atoms with Crippen LogP contribution in [0, 0.1) is 17.8 Å². The fourth-order valence-electron chi connectivity index (χ4n) is 3.91. The summed E-state index contributed by atoms with van der Waals surface area (Å²) in [5, 5.41) is 9.28. The maximum absolute atomic E-state index is 12.6. The molecule has 4 unspecified atom stereocenters. The molecular weight excluding hydrogens is 252 g/mol. The Bertz CT molecular complexity index is 498. The van der Waals surface area contributed by atoms with Crippen LogP contribution in [0.3, 0.4) is 0 Å². The van der Waals surface area contributed by atoms with E-state index in [9.17, 15) is 9.90 Å². The van der Waals surface area contributed by atoms with Gasteiger partial charge in [0.2, 0.25) is 5.91 Å². The first-order valence-electron chi connectivity index (χ1n) is 7.34. The fraction of sp³-hybridized carbons (Fsp3) is 0.562. The Morgan fingerprint density at radius 3 is 2.55 bits per heavy atom. The molecule has 3 rings (SSSR count). The number of nitrogens with two attached hydrogens (primary N) is 1. The zero-order valence-electron chi connectivity index (χ0n) is 11.8. The lowest BCUT2D eigenvalue weighted by atomic mass is 9.84. The summed E-state index contributed by atoms with van der Waals surface area (Å²) in [6, 6.07) is 7.04. The number of amides is 1. The molecule has 0 spiro atoms. The summed E-state index contributed by atoms with van der Waals surface area (Å²) in [7, 11) is 1.84. The van der Waals surface area contributed by atoms with Gasteiger partial charge < -0.3 is 15.7 Å². The molecule has 0 aliphatic heterocycles. The molecule has 2 fully saturated rings. The first-order chi connectivity index (χ1) is 9.56. The zero-order chi connectivity index (χ0) is 14.3. The van der Waals surface area contributed by atoms with Crippen LogP contribution in [0.25, 0.3) is 0 Å². The Labute approximate surface area is 119 Å². The maximum atomic E-state index is 12.6. The molecule has 4 nitrogen and oxygen atoms in total. The molecule has 3 N–H and O–H groups in total. The van der Waals surface area contributed by atoms with E-state index in [-0.39, 0.29) is 23.6 Å². The van der Waals surface area contributed by atoms with Crippen molar-refractivity contribution in [1.82, 2.24) is 4.90 Å². The van der Waals surface area contributed by atoms with Crippen molar-refractivity contribution in [3.05, 3.63) is 29.8 Å². The number of hydrogen-bond donors (Lipinski definition) is 2. The quantitative estimate of drug-likeness (QED) is 0.882. The molecule has 108 valence electrons. The molecule has 1 aromatic carbocycles. The van der Waals surface area contributed by atoms with Crippen LogP contribution in [-0.2, 0) is 11.3 Å². The summed E-state index contributed by atoms with van der Waals surface area (Å²) >= 11 is 0. The van der Waals surface area contributed by atoms with Crippen molar-refractivity contribution >= 4 is 5.91 Å². The van der Waals surface area contributed by atoms with Crippen LogP contribution in [0.15, 0.2) is 24.3 Å². The van der Waals surface area contributed by atoms with Crippen molar-refractivity contribution in [2.75, 3.05) is 7.05 Å². The molecule has 1 amide bonds. The van der Waals surface area contributed by atoms with E-state index >= 15 is 0 Å². The second kappa shape index (κ2) is 5.09. The van der Waals surface area contributed by atoms with Crippen molar-refractivity contribution in [3.63, 3.8) is 0 Å². The molecule has 20 heavy (non-hydrogen) atoms. The Balaban J connectivity index is 1.66. The minimum Gasteiger partial charge on any atom is -0.508 e. The van der Waals surface area contributed by atoms with Gasteiger partial charge in [0.25, 0.3) is 0 Å². The Morgan fingerprint density at radius 2 is 1.95 bits per heavy atom. The van der Waals surface area contributed by atoms with E-state index in [1.165, 1.54) is 6.42 Å². The largest absolute Gasteiger partial charge is 0.508 e. The Hall–Kier alpha value is -1.55. The van der Waals surface area contributed by atoms with Crippen LogP contribution in [-0.4, -0.2) is 29.0 Å². The summed E-state index contributed by atoms with van der Waals surface area (Å²) in [4.78, 5) is 14.4. The Kier molecular flexibility index (Phi) is 3.42. The van der Waals surface area contributed by atoms with Crippen LogP contribution < -0.4 is 5.73 Å². The van der Waals surface area contributed by atoms with E-state index in [1.807, 2.05) is 19.2 Å². The molecule has 2 saturated carbocycles. The topological polar surface area (TPSA) is 66.6 Å². The highest BCUT2D eigenvalue weighted by molar-refractivity contribution is 5.80. The highest BCUT2D eigenvalue weighted by Crippen LogP contribution is 2.48. The number of carbonyl (C=O) groups is 1. The molecule has 2 bridgehead atoms. The maximum Gasteiger partial charge on any atom is 0.227 e. The summed E-state index contributed by atoms with van der Waals surface area (Å²) in [6.45, 7) is 0.569. The van der Waals surface area contributed by atoms with Crippen LogP contribution in [0.2, 0.25) is 0 Å². The van der Waals surface area contributed by atoms with Crippen molar-refractivity contribution in [3.8, 4) is 5.75 Å². The molecule has 1 aromatic rings. The lowest BCUT2D eigenvalue weighted by Crippen LogP contribution is -2.45. The number of fused-ring (bicyclic) bond motifs is 2. The standard InChI is InChI=1S/C16H22N2O2/c1-18(9-10-2-6-13(19)7-3-10)16(20)14-11-4-5-12(8-11)15(14)17/h2-3,6-7,11-12,14-15,19H,4-5,8-9,17H2,1H3. The second-order valence-electron chi connectivity index (χ2n) is 6.30. The normalized spacial score (nSPS) is 31.5. The van der Waals surface area contributed by atoms with Crippen LogP contribution in [0.4, 0.5) is 0 Å². The molecule has 0 aromatic heterocycles. The molecule has 0 saturated heterocycles. The summed E-state index contributed by atoms with van der Waals surface area (Å²) in [6.07, 6.45) is 3.48. The smallest absolute Gasteiger partial charge is 0.227 e. The predicted molar refractivity (Wildman–Crippen MR) is 76.9 cm³/mol. The lowest BCUT2D eigenvalue weighted by molar-refractivity contribution is -0.137. The van der Waals surface area contributed by atoms with Gasteiger partial charge >= 0.3 is 0 Å². The number of rotatable bonds is 3. The highest BCUT2D eigenvalue weighted by atomic mass is 16.3. The molecule has 4 heteroatoms. The van der Waals surface area contributed by atoms with E-state index in [2.05, 4.69) is 0 Å². The van der Waals surface area contributed by atoms with Crippen molar-refractivity contribution < 1.29 is 9.90 Å². The molecule has 2 aliphatic rings. The third-order valence-corrected chi connectivity index (χ3v) is 5.00. The first kappa shape index (κ1) is 13.4. The number of benzene rings is 1. The third-order valence-electron chi connectivity index (χ3n) is 5.00. The van der Waals surface area contributed by atoms with Crippen LogP contribution >= 0.6 is 0 Å². The summed E-state index contributed by atoms with van der Waals surface area (Å²) < 4.78 is 0. The van der Waals surface area contributed by atoms with E-state index in [0.29, 0.717) is 18.4 Å². The minimum atomic E-state index is 0.0101. The number of aromatic hydroxyl groups is 1. The van der Waals surface area contributed by atoms with Crippen molar-refractivity contribution in [1.29, 1.82) is 0 Å². The monoisotopic (exact) mass is 274 g/mol. The van der Waals surface area contributed by atoms with Crippen molar-refractivity contribution in [2.24, 2.45) is 23.5 Å². The molecule has 4 atom stereocenters. The minimum absolute atomic E-state index is 0.0101. The Morgan fingerprint density at radius 1 is 1.30 bits per heavy atom. The molecule has 2 aliphatic carbocycles. The van der Waals surface area contributed by atoms with Crippen LogP contribution in [0.1, 0.15) is 24.8 Å². The molecule has 0 heterocycles. The van der Waals surface area contributed by atoms with Crippen LogP contribution in [0.5, 0.6) is 5.75 Å². The third kappa shape index (κ3) is 2.29. The predicted octanol–water partition coefficient (Wildman–Crippen LogP) is 1.72. The van der Waals surface area contributed by atoms with Gasteiger partial charge in [-0.2, -0.15) is 0 Å². The number of carbonyl (C=O) groups excluding carboxylic acids is 1. The SMILES string of the molecule is CN(Cc1ccc(O)cc1)C(=O)C1C2CCC(C2)C1N.